The Morgan fingerprint density at radius 3 is 2.44 bits per heavy atom. The number of piperazine rings is 1. The van der Waals surface area contributed by atoms with Crippen molar-refractivity contribution in [1.82, 2.24) is 15.1 Å². The van der Waals surface area contributed by atoms with Crippen molar-refractivity contribution < 1.29 is 9.59 Å². The van der Waals surface area contributed by atoms with Crippen LogP contribution in [0.1, 0.15) is 25.8 Å². The van der Waals surface area contributed by atoms with E-state index in [-0.39, 0.29) is 17.9 Å². The van der Waals surface area contributed by atoms with Crippen molar-refractivity contribution >= 4 is 35.0 Å². The summed E-state index contributed by atoms with van der Waals surface area (Å²) in [5, 5.41) is 4.08. The average molecular weight is 386 g/mol. The zero-order chi connectivity index (χ0) is 18.4. The minimum absolute atomic E-state index is 0.0344. The van der Waals surface area contributed by atoms with Crippen LogP contribution in [0.5, 0.6) is 0 Å². The van der Waals surface area contributed by atoms with Gasteiger partial charge in [0, 0.05) is 48.7 Å². The maximum Gasteiger partial charge on any atom is 0.234 e. The van der Waals surface area contributed by atoms with Crippen LogP contribution >= 0.6 is 23.2 Å². The highest BCUT2D eigenvalue weighted by atomic mass is 35.5. The maximum atomic E-state index is 12.4. The van der Waals surface area contributed by atoms with Gasteiger partial charge in [-0.05, 0) is 38.0 Å². The topological polar surface area (TPSA) is 52.7 Å². The summed E-state index contributed by atoms with van der Waals surface area (Å²) in [6.07, 6.45) is 1.03. The Kier molecular flexibility index (Phi) is 7.54. The van der Waals surface area contributed by atoms with E-state index < -0.39 is 0 Å². The normalized spacial score (nSPS) is 15.5. The lowest BCUT2D eigenvalue weighted by atomic mass is 10.1. The molecule has 2 rings (SSSR count). The second-order valence-electron chi connectivity index (χ2n) is 6.61. The second-order valence-corrected chi connectivity index (χ2v) is 7.46. The molecule has 1 aromatic carbocycles. The molecule has 138 valence electrons. The number of rotatable bonds is 6. The zero-order valence-electron chi connectivity index (χ0n) is 14.7. The monoisotopic (exact) mass is 385 g/mol. The summed E-state index contributed by atoms with van der Waals surface area (Å²) in [7, 11) is 0. The third kappa shape index (κ3) is 6.49. The molecule has 0 atom stereocenters. The highest BCUT2D eigenvalue weighted by molar-refractivity contribution is 6.35. The second kappa shape index (κ2) is 9.41. The van der Waals surface area contributed by atoms with Gasteiger partial charge in [-0.3, -0.25) is 14.5 Å². The predicted molar refractivity (Wildman–Crippen MR) is 101 cm³/mol. The molecule has 0 aliphatic carbocycles. The third-order valence-electron chi connectivity index (χ3n) is 4.17. The smallest absolute Gasteiger partial charge is 0.234 e. The number of carbonyl (C=O) groups is 2. The van der Waals surface area contributed by atoms with Crippen LogP contribution < -0.4 is 5.32 Å². The standard InChI is InChI=1S/C18H25Cl2N3O2/c1-13(2)21-17(24)12-22-7-9-23(10-8-22)18(25)6-4-14-3-5-15(19)11-16(14)20/h3,5,11,13H,4,6-10,12H2,1-2H3,(H,21,24). The van der Waals surface area contributed by atoms with Crippen molar-refractivity contribution in [2.45, 2.75) is 32.7 Å². The Bertz CT molecular complexity index is 614. The van der Waals surface area contributed by atoms with Crippen LogP contribution in [-0.2, 0) is 16.0 Å². The molecule has 1 aliphatic heterocycles. The van der Waals surface area contributed by atoms with Gasteiger partial charge >= 0.3 is 0 Å². The molecule has 1 saturated heterocycles. The van der Waals surface area contributed by atoms with Gasteiger partial charge in [-0.1, -0.05) is 29.3 Å². The molecule has 0 aromatic heterocycles. The highest BCUT2D eigenvalue weighted by Crippen LogP contribution is 2.22. The Morgan fingerprint density at radius 2 is 1.84 bits per heavy atom. The molecule has 2 amide bonds. The molecule has 5 nitrogen and oxygen atoms in total. The first kappa shape index (κ1) is 20.0. The van der Waals surface area contributed by atoms with Crippen molar-refractivity contribution in [3.63, 3.8) is 0 Å². The largest absolute Gasteiger partial charge is 0.353 e. The molecule has 1 N–H and O–H groups in total. The van der Waals surface area contributed by atoms with E-state index in [0.29, 0.717) is 42.5 Å². The summed E-state index contributed by atoms with van der Waals surface area (Å²) >= 11 is 12.0. The zero-order valence-corrected chi connectivity index (χ0v) is 16.2. The van der Waals surface area contributed by atoms with Crippen LogP contribution in [0.2, 0.25) is 10.0 Å². The van der Waals surface area contributed by atoms with Gasteiger partial charge in [0.15, 0.2) is 0 Å². The maximum absolute atomic E-state index is 12.4. The van der Waals surface area contributed by atoms with Crippen molar-refractivity contribution in [2.75, 3.05) is 32.7 Å². The highest BCUT2D eigenvalue weighted by Gasteiger charge is 2.22. The number of amides is 2. The number of nitrogens with one attached hydrogen (secondary N) is 1. The van der Waals surface area contributed by atoms with Crippen LogP contribution in [0, 0.1) is 0 Å². The SMILES string of the molecule is CC(C)NC(=O)CN1CCN(C(=O)CCc2ccc(Cl)cc2Cl)CC1. The molecule has 0 spiro atoms. The number of hydrogen-bond acceptors (Lipinski definition) is 3. The number of nitrogens with zero attached hydrogens (tertiary/aromatic N) is 2. The lowest BCUT2D eigenvalue weighted by Gasteiger charge is -2.34. The Hall–Kier alpha value is -1.30. The van der Waals surface area contributed by atoms with Crippen LogP contribution in [-0.4, -0.2) is 60.4 Å². The van der Waals surface area contributed by atoms with E-state index in [2.05, 4.69) is 10.2 Å². The lowest BCUT2D eigenvalue weighted by Crippen LogP contribution is -2.51. The van der Waals surface area contributed by atoms with Crippen molar-refractivity contribution in [3.8, 4) is 0 Å². The summed E-state index contributed by atoms with van der Waals surface area (Å²) in [6.45, 7) is 7.03. The Labute approximate surface area is 159 Å². The average Bonchev–Trinajstić information content (AvgIpc) is 2.53. The number of hydrogen-bond donors (Lipinski definition) is 1. The number of aryl methyl sites for hydroxylation is 1. The Morgan fingerprint density at radius 1 is 1.16 bits per heavy atom. The summed E-state index contributed by atoms with van der Waals surface area (Å²) < 4.78 is 0. The summed E-state index contributed by atoms with van der Waals surface area (Å²) in [6, 6.07) is 5.50. The van der Waals surface area contributed by atoms with Gasteiger partial charge in [0.05, 0.1) is 6.54 Å². The van der Waals surface area contributed by atoms with Gasteiger partial charge in [-0.15, -0.1) is 0 Å². The van der Waals surface area contributed by atoms with Gasteiger partial charge in [-0.25, -0.2) is 0 Å². The third-order valence-corrected chi connectivity index (χ3v) is 4.75. The van der Waals surface area contributed by atoms with Gasteiger partial charge in [0.25, 0.3) is 0 Å². The van der Waals surface area contributed by atoms with Crippen LogP contribution in [0.4, 0.5) is 0 Å². The van der Waals surface area contributed by atoms with Gasteiger partial charge in [0.1, 0.15) is 0 Å². The molecule has 0 bridgehead atoms. The first-order valence-corrected chi connectivity index (χ1v) is 9.34. The van der Waals surface area contributed by atoms with Crippen LogP contribution in [0.3, 0.4) is 0 Å². The molecular weight excluding hydrogens is 361 g/mol. The molecule has 1 aromatic rings. The van der Waals surface area contributed by atoms with E-state index in [4.69, 9.17) is 23.2 Å². The minimum Gasteiger partial charge on any atom is -0.353 e. The number of benzene rings is 1. The molecule has 1 heterocycles. The van der Waals surface area contributed by atoms with Crippen molar-refractivity contribution in [1.29, 1.82) is 0 Å². The molecule has 7 heteroatoms. The summed E-state index contributed by atoms with van der Waals surface area (Å²) in [5.41, 5.74) is 0.934. The lowest BCUT2D eigenvalue weighted by molar-refractivity contribution is -0.133. The van der Waals surface area contributed by atoms with E-state index in [9.17, 15) is 9.59 Å². The minimum atomic E-state index is 0.0344. The first-order valence-electron chi connectivity index (χ1n) is 8.58. The summed E-state index contributed by atoms with van der Waals surface area (Å²) in [4.78, 5) is 28.1. The first-order chi connectivity index (χ1) is 11.8. The summed E-state index contributed by atoms with van der Waals surface area (Å²) in [5.74, 6) is 0.157. The van der Waals surface area contributed by atoms with Crippen LogP contribution in [0.25, 0.3) is 0 Å². The molecule has 0 unspecified atom stereocenters. The van der Waals surface area contributed by atoms with E-state index in [1.54, 1.807) is 12.1 Å². The van der Waals surface area contributed by atoms with Gasteiger partial charge in [0.2, 0.25) is 11.8 Å². The van der Waals surface area contributed by atoms with Crippen molar-refractivity contribution in [2.24, 2.45) is 0 Å². The fourth-order valence-electron chi connectivity index (χ4n) is 2.85. The fraction of sp³-hybridized carbons (Fsp3) is 0.556. The van der Waals surface area contributed by atoms with Crippen molar-refractivity contribution in [3.05, 3.63) is 33.8 Å². The number of carbonyl (C=O) groups excluding carboxylic acids is 2. The Balaban J connectivity index is 1.74. The molecule has 0 radical (unpaired) electrons. The van der Waals surface area contributed by atoms with Crippen LogP contribution in [0.15, 0.2) is 18.2 Å². The van der Waals surface area contributed by atoms with E-state index in [0.717, 1.165) is 18.7 Å². The van der Waals surface area contributed by atoms with E-state index in [1.165, 1.54) is 0 Å². The van der Waals surface area contributed by atoms with Gasteiger partial charge < -0.3 is 10.2 Å². The van der Waals surface area contributed by atoms with Gasteiger partial charge in [-0.2, -0.15) is 0 Å². The predicted octanol–water partition coefficient (Wildman–Crippen LogP) is 2.59. The molecule has 25 heavy (non-hydrogen) atoms. The quantitative estimate of drug-likeness (QED) is 0.818. The number of halogens is 2. The molecule has 0 saturated carbocycles. The van der Waals surface area contributed by atoms with E-state index in [1.807, 2.05) is 24.8 Å². The molecular formula is C18H25Cl2N3O2. The molecule has 1 aliphatic rings. The van der Waals surface area contributed by atoms with E-state index >= 15 is 0 Å². The fourth-order valence-corrected chi connectivity index (χ4v) is 3.35. The molecule has 1 fully saturated rings.